The quantitative estimate of drug-likeness (QED) is 0.772. The highest BCUT2D eigenvalue weighted by Crippen LogP contribution is 2.21. The lowest BCUT2D eigenvalue weighted by molar-refractivity contribution is 0.679. The van der Waals surface area contributed by atoms with Gasteiger partial charge < -0.3 is 14.5 Å². The third kappa shape index (κ3) is 2.23. The van der Waals surface area contributed by atoms with Crippen LogP contribution in [0.5, 0.6) is 0 Å². The van der Waals surface area contributed by atoms with Gasteiger partial charge in [0, 0.05) is 36.4 Å². The molecule has 1 N–H and O–H groups in total. The van der Waals surface area contributed by atoms with Crippen molar-refractivity contribution in [3.63, 3.8) is 0 Å². The average molecular weight is 268 g/mol. The second-order valence-electron chi connectivity index (χ2n) is 4.99. The van der Waals surface area contributed by atoms with Gasteiger partial charge >= 0.3 is 0 Å². The molecule has 3 rings (SSSR count). The Labute approximate surface area is 119 Å². The summed E-state index contributed by atoms with van der Waals surface area (Å²) in [6.45, 7) is 4.86. The lowest BCUT2D eigenvalue weighted by Gasteiger charge is -2.09. The van der Waals surface area contributed by atoms with Crippen molar-refractivity contribution in [2.75, 3.05) is 7.05 Å². The first-order valence-electron chi connectivity index (χ1n) is 7.03. The van der Waals surface area contributed by atoms with E-state index < -0.39 is 0 Å². The van der Waals surface area contributed by atoms with Gasteiger partial charge in [0.1, 0.15) is 0 Å². The Morgan fingerprint density at radius 3 is 2.90 bits per heavy atom. The Kier molecular flexibility index (Phi) is 3.56. The number of nitrogens with zero attached hydrogens (tertiary/aromatic N) is 3. The van der Waals surface area contributed by atoms with Crippen molar-refractivity contribution in [3.8, 4) is 0 Å². The van der Waals surface area contributed by atoms with Gasteiger partial charge in [-0.25, -0.2) is 4.98 Å². The summed E-state index contributed by atoms with van der Waals surface area (Å²) in [6.07, 6.45) is 6.01. The van der Waals surface area contributed by atoms with Crippen molar-refractivity contribution in [3.05, 3.63) is 54.2 Å². The van der Waals surface area contributed by atoms with Gasteiger partial charge in [-0.2, -0.15) is 0 Å². The molecule has 0 aliphatic heterocycles. The first-order valence-corrected chi connectivity index (χ1v) is 7.03. The van der Waals surface area contributed by atoms with Gasteiger partial charge in [-0.1, -0.05) is 12.1 Å². The van der Waals surface area contributed by atoms with Crippen molar-refractivity contribution < 1.29 is 0 Å². The van der Waals surface area contributed by atoms with Crippen molar-refractivity contribution >= 4 is 10.9 Å². The van der Waals surface area contributed by atoms with Gasteiger partial charge in [0.05, 0.1) is 18.6 Å². The van der Waals surface area contributed by atoms with E-state index in [1.165, 1.54) is 22.2 Å². The molecule has 3 aromatic rings. The molecule has 0 atom stereocenters. The van der Waals surface area contributed by atoms with Crippen LogP contribution >= 0.6 is 0 Å². The van der Waals surface area contributed by atoms with Crippen LogP contribution < -0.4 is 5.32 Å². The topological polar surface area (TPSA) is 34.8 Å². The standard InChI is InChI=1S/C16H20N4/c1-3-19-12-18-10-14(19)11-20-8-7-15-13(9-17-2)5-4-6-16(15)20/h4-8,10,12,17H,3,9,11H2,1-2H3. The molecule has 2 heterocycles. The molecule has 0 bridgehead atoms. The summed E-state index contributed by atoms with van der Waals surface area (Å²) in [6, 6.07) is 8.69. The number of hydrogen-bond donors (Lipinski definition) is 1. The van der Waals surface area contributed by atoms with Crippen molar-refractivity contribution in [1.82, 2.24) is 19.4 Å². The third-order valence-corrected chi connectivity index (χ3v) is 3.74. The van der Waals surface area contributed by atoms with Gasteiger partial charge in [0.2, 0.25) is 0 Å². The zero-order chi connectivity index (χ0) is 13.9. The molecule has 0 spiro atoms. The fraction of sp³-hybridized carbons (Fsp3) is 0.312. The zero-order valence-corrected chi connectivity index (χ0v) is 12.0. The Hall–Kier alpha value is -2.07. The van der Waals surface area contributed by atoms with Crippen LogP contribution in [0.4, 0.5) is 0 Å². The number of hydrogen-bond acceptors (Lipinski definition) is 2. The summed E-state index contributed by atoms with van der Waals surface area (Å²) in [7, 11) is 1.98. The monoisotopic (exact) mass is 268 g/mol. The molecular weight excluding hydrogens is 248 g/mol. The second-order valence-corrected chi connectivity index (χ2v) is 4.99. The van der Waals surface area contributed by atoms with Crippen LogP contribution in [-0.2, 0) is 19.6 Å². The number of aryl methyl sites for hydroxylation is 1. The number of nitrogens with one attached hydrogen (secondary N) is 1. The van der Waals surface area contributed by atoms with E-state index in [0.29, 0.717) is 0 Å². The molecule has 4 nitrogen and oxygen atoms in total. The molecule has 2 aromatic heterocycles. The second kappa shape index (κ2) is 5.51. The minimum absolute atomic E-state index is 0.861. The molecule has 4 heteroatoms. The summed E-state index contributed by atoms with van der Waals surface area (Å²) in [5.41, 5.74) is 3.86. The van der Waals surface area contributed by atoms with E-state index in [9.17, 15) is 0 Å². The Bertz CT molecular complexity index is 708. The lowest BCUT2D eigenvalue weighted by atomic mass is 10.1. The summed E-state index contributed by atoms with van der Waals surface area (Å²) in [5, 5.41) is 4.55. The van der Waals surface area contributed by atoms with Crippen molar-refractivity contribution in [1.29, 1.82) is 0 Å². The van der Waals surface area contributed by atoms with Gasteiger partial charge in [-0.05, 0) is 31.7 Å². The highest BCUT2D eigenvalue weighted by Gasteiger charge is 2.07. The number of aromatic nitrogens is 3. The van der Waals surface area contributed by atoms with E-state index in [1.807, 2.05) is 19.6 Å². The molecule has 1 aromatic carbocycles. The van der Waals surface area contributed by atoms with E-state index in [0.717, 1.165) is 19.6 Å². The fourth-order valence-corrected chi connectivity index (χ4v) is 2.71. The minimum Gasteiger partial charge on any atom is -0.341 e. The highest BCUT2D eigenvalue weighted by molar-refractivity contribution is 5.83. The molecule has 0 saturated heterocycles. The van der Waals surface area contributed by atoms with Gasteiger partial charge in [-0.15, -0.1) is 0 Å². The molecule has 0 amide bonds. The van der Waals surface area contributed by atoms with Crippen LogP contribution in [0.15, 0.2) is 43.0 Å². The lowest BCUT2D eigenvalue weighted by Crippen LogP contribution is -2.06. The van der Waals surface area contributed by atoms with E-state index in [4.69, 9.17) is 0 Å². The number of benzene rings is 1. The fourth-order valence-electron chi connectivity index (χ4n) is 2.71. The minimum atomic E-state index is 0.861. The van der Waals surface area contributed by atoms with E-state index >= 15 is 0 Å². The van der Waals surface area contributed by atoms with Gasteiger partial charge in [0.25, 0.3) is 0 Å². The molecular formula is C16H20N4. The molecule has 0 aliphatic rings. The molecule has 0 fully saturated rings. The zero-order valence-electron chi connectivity index (χ0n) is 12.0. The molecule has 0 radical (unpaired) electrons. The Balaban J connectivity index is 1.99. The Morgan fingerprint density at radius 2 is 2.10 bits per heavy atom. The van der Waals surface area contributed by atoms with Crippen molar-refractivity contribution in [2.45, 2.75) is 26.6 Å². The van der Waals surface area contributed by atoms with Gasteiger partial charge in [0.15, 0.2) is 0 Å². The number of imidazole rings is 1. The van der Waals surface area contributed by atoms with Crippen LogP contribution in [0.1, 0.15) is 18.2 Å². The maximum atomic E-state index is 4.24. The first kappa shape index (κ1) is 12.9. The predicted molar refractivity (Wildman–Crippen MR) is 81.7 cm³/mol. The van der Waals surface area contributed by atoms with Crippen LogP contribution in [0.3, 0.4) is 0 Å². The smallest absolute Gasteiger partial charge is 0.0948 e. The van der Waals surface area contributed by atoms with Gasteiger partial charge in [-0.3, -0.25) is 0 Å². The SMILES string of the molecule is CCn1cncc1Cn1ccc2c(CNC)cccc21. The highest BCUT2D eigenvalue weighted by atomic mass is 15.1. The van der Waals surface area contributed by atoms with Crippen LogP contribution in [0, 0.1) is 0 Å². The average Bonchev–Trinajstić information content (AvgIpc) is 3.07. The summed E-state index contributed by atoms with van der Waals surface area (Å²) in [5.74, 6) is 0. The first-order chi connectivity index (χ1) is 9.83. The predicted octanol–water partition coefficient (Wildman–Crippen LogP) is 2.63. The number of rotatable bonds is 5. The summed E-state index contributed by atoms with van der Waals surface area (Å²) in [4.78, 5) is 4.24. The van der Waals surface area contributed by atoms with E-state index in [2.05, 4.69) is 56.8 Å². The molecule has 0 saturated carbocycles. The van der Waals surface area contributed by atoms with Crippen LogP contribution in [-0.4, -0.2) is 21.2 Å². The van der Waals surface area contributed by atoms with E-state index in [1.54, 1.807) is 0 Å². The molecule has 20 heavy (non-hydrogen) atoms. The van der Waals surface area contributed by atoms with Crippen LogP contribution in [0.2, 0.25) is 0 Å². The maximum Gasteiger partial charge on any atom is 0.0948 e. The van der Waals surface area contributed by atoms with E-state index in [-0.39, 0.29) is 0 Å². The molecule has 0 unspecified atom stereocenters. The number of fused-ring (bicyclic) bond motifs is 1. The summed E-state index contributed by atoms with van der Waals surface area (Å²) < 4.78 is 4.47. The van der Waals surface area contributed by atoms with Crippen LogP contribution in [0.25, 0.3) is 10.9 Å². The molecule has 0 aliphatic carbocycles. The molecule has 104 valence electrons. The largest absolute Gasteiger partial charge is 0.341 e. The maximum absolute atomic E-state index is 4.24. The van der Waals surface area contributed by atoms with Crippen molar-refractivity contribution in [2.24, 2.45) is 0 Å². The normalized spacial score (nSPS) is 11.3. The third-order valence-electron chi connectivity index (χ3n) is 3.74. The summed E-state index contributed by atoms with van der Waals surface area (Å²) >= 11 is 0. The Morgan fingerprint density at radius 1 is 1.20 bits per heavy atom.